The Kier molecular flexibility index (Phi) is 4.32. The zero-order valence-corrected chi connectivity index (χ0v) is 18.2. The Labute approximate surface area is 182 Å². The molecule has 2 N–H and O–H groups in total. The monoisotopic (exact) mass is 411 g/mol. The lowest BCUT2D eigenvalue weighted by Crippen LogP contribution is -2.55. The van der Waals surface area contributed by atoms with E-state index in [4.69, 9.17) is 5.73 Å². The molecule has 156 valence electrons. The number of amides is 1. The van der Waals surface area contributed by atoms with E-state index in [9.17, 15) is 20.6 Å². The molecule has 4 rings (SSSR count). The fourth-order valence-corrected chi connectivity index (χ4v) is 5.77. The molecule has 31 heavy (non-hydrogen) atoms. The first-order chi connectivity index (χ1) is 14.6. The highest BCUT2D eigenvalue weighted by molar-refractivity contribution is 6.11. The van der Waals surface area contributed by atoms with Gasteiger partial charge in [-0.05, 0) is 41.4 Å². The molecule has 3 atom stereocenters. The van der Waals surface area contributed by atoms with Gasteiger partial charge in [-0.15, -0.1) is 0 Å². The first-order valence-corrected chi connectivity index (χ1v) is 10.4. The molecule has 0 fully saturated rings. The number of fused-ring (bicyclic) bond motifs is 4. The minimum atomic E-state index is -1.74. The van der Waals surface area contributed by atoms with Crippen LogP contribution in [0.15, 0.2) is 47.2 Å². The van der Waals surface area contributed by atoms with Crippen molar-refractivity contribution in [3.8, 4) is 18.2 Å². The molecule has 1 heterocycles. The van der Waals surface area contributed by atoms with Gasteiger partial charge < -0.3 is 10.6 Å². The predicted molar refractivity (Wildman–Crippen MR) is 116 cm³/mol. The summed E-state index contributed by atoms with van der Waals surface area (Å²) >= 11 is 0. The second kappa shape index (κ2) is 6.47. The number of anilines is 1. The van der Waals surface area contributed by atoms with Crippen molar-refractivity contribution >= 4 is 11.6 Å². The molecule has 0 bridgehead atoms. The van der Waals surface area contributed by atoms with E-state index in [0.29, 0.717) is 18.4 Å². The van der Waals surface area contributed by atoms with Crippen LogP contribution < -0.4 is 10.6 Å². The van der Waals surface area contributed by atoms with Gasteiger partial charge in [-0.2, -0.15) is 15.8 Å². The van der Waals surface area contributed by atoms with Gasteiger partial charge >= 0.3 is 0 Å². The molecule has 6 nitrogen and oxygen atoms in total. The van der Waals surface area contributed by atoms with Gasteiger partial charge in [0.25, 0.3) is 0 Å². The smallest absolute Gasteiger partial charge is 0.243 e. The van der Waals surface area contributed by atoms with E-state index in [1.165, 1.54) is 0 Å². The number of nitrogens with two attached hydrogens (primary N) is 1. The van der Waals surface area contributed by atoms with Gasteiger partial charge in [0.05, 0.1) is 29.5 Å². The highest BCUT2D eigenvalue weighted by Gasteiger charge is 2.66. The summed E-state index contributed by atoms with van der Waals surface area (Å²) in [5.41, 5.74) is 5.27. The molecule has 1 aromatic rings. The van der Waals surface area contributed by atoms with E-state index in [0.717, 1.165) is 11.3 Å². The minimum absolute atomic E-state index is 0.0362. The van der Waals surface area contributed by atoms with Crippen molar-refractivity contribution in [3.63, 3.8) is 0 Å². The summed E-state index contributed by atoms with van der Waals surface area (Å²) in [5, 5.41) is 30.5. The normalized spacial score (nSPS) is 28.9. The molecular weight excluding hydrogens is 386 g/mol. The quantitative estimate of drug-likeness (QED) is 0.653. The summed E-state index contributed by atoms with van der Waals surface area (Å²) in [6.45, 7) is 6.46. The van der Waals surface area contributed by atoms with Crippen molar-refractivity contribution in [3.05, 3.63) is 52.7 Å². The fourth-order valence-electron chi connectivity index (χ4n) is 5.77. The third-order valence-corrected chi connectivity index (χ3v) is 7.55. The van der Waals surface area contributed by atoms with Crippen LogP contribution in [0.25, 0.3) is 0 Å². The number of para-hydroxylation sites is 1. The average molecular weight is 412 g/mol. The maximum atomic E-state index is 13.9. The lowest BCUT2D eigenvalue weighted by atomic mass is 9.49. The number of carbonyl (C=O) groups is 1. The summed E-state index contributed by atoms with van der Waals surface area (Å²) in [7, 11) is 1.70. The van der Waals surface area contributed by atoms with Crippen molar-refractivity contribution in [1.82, 2.24) is 0 Å². The van der Waals surface area contributed by atoms with Crippen molar-refractivity contribution < 1.29 is 4.79 Å². The number of benzene rings is 1. The van der Waals surface area contributed by atoms with E-state index in [1.807, 2.05) is 30.3 Å². The summed E-state index contributed by atoms with van der Waals surface area (Å²) in [5.74, 6) is -0.508. The van der Waals surface area contributed by atoms with Crippen molar-refractivity contribution in [1.29, 1.82) is 15.8 Å². The highest BCUT2D eigenvalue weighted by Crippen LogP contribution is 2.63. The Balaban J connectivity index is 2.15. The molecule has 0 radical (unpaired) electrons. The van der Waals surface area contributed by atoms with E-state index in [1.54, 1.807) is 11.9 Å². The Morgan fingerprint density at radius 1 is 1.16 bits per heavy atom. The van der Waals surface area contributed by atoms with Gasteiger partial charge in [-0.1, -0.05) is 45.0 Å². The first kappa shape index (κ1) is 20.7. The number of allylic oxidation sites excluding steroid dienone is 2. The average Bonchev–Trinajstić information content (AvgIpc) is 2.97. The van der Waals surface area contributed by atoms with Gasteiger partial charge in [0.2, 0.25) is 11.3 Å². The molecule has 1 spiro atoms. The van der Waals surface area contributed by atoms with Crippen LogP contribution in [-0.2, 0) is 10.2 Å². The maximum absolute atomic E-state index is 13.9. The Bertz CT molecular complexity index is 1170. The molecule has 0 saturated heterocycles. The number of hydrogen-bond acceptors (Lipinski definition) is 5. The number of hydrogen-bond donors (Lipinski definition) is 1. The lowest BCUT2D eigenvalue weighted by Gasteiger charge is -2.50. The van der Waals surface area contributed by atoms with Gasteiger partial charge in [0, 0.05) is 18.7 Å². The van der Waals surface area contributed by atoms with E-state index in [2.05, 4.69) is 39.0 Å². The Morgan fingerprint density at radius 3 is 2.39 bits per heavy atom. The van der Waals surface area contributed by atoms with Crippen molar-refractivity contribution in [2.75, 3.05) is 11.9 Å². The van der Waals surface area contributed by atoms with Crippen LogP contribution in [0.1, 0.15) is 39.2 Å². The molecule has 1 aromatic carbocycles. The Hall–Kier alpha value is -3.56. The molecule has 1 amide bonds. The molecular formula is C25H25N5O. The van der Waals surface area contributed by atoms with E-state index in [-0.39, 0.29) is 28.5 Å². The number of nitriles is 3. The molecule has 0 aromatic heterocycles. The second-order valence-corrected chi connectivity index (χ2v) is 9.81. The van der Waals surface area contributed by atoms with Crippen LogP contribution in [-0.4, -0.2) is 13.0 Å². The van der Waals surface area contributed by atoms with Gasteiger partial charge in [0.15, 0.2) is 0 Å². The predicted octanol–water partition coefficient (Wildman–Crippen LogP) is 3.68. The van der Waals surface area contributed by atoms with Crippen LogP contribution in [0.2, 0.25) is 0 Å². The summed E-state index contributed by atoms with van der Waals surface area (Å²) < 4.78 is 0. The number of rotatable bonds is 0. The second-order valence-electron chi connectivity index (χ2n) is 9.81. The van der Waals surface area contributed by atoms with Crippen LogP contribution in [0.3, 0.4) is 0 Å². The van der Waals surface area contributed by atoms with Crippen LogP contribution in [0, 0.1) is 56.7 Å². The topological polar surface area (TPSA) is 118 Å². The highest BCUT2D eigenvalue weighted by atomic mass is 16.2. The lowest BCUT2D eigenvalue weighted by molar-refractivity contribution is -0.123. The van der Waals surface area contributed by atoms with E-state index < -0.39 is 16.7 Å². The number of likely N-dealkylation sites (N-methyl/N-ethyl adjacent to an activating group) is 1. The third kappa shape index (κ3) is 2.32. The first-order valence-electron chi connectivity index (χ1n) is 10.4. The van der Waals surface area contributed by atoms with Crippen molar-refractivity contribution in [2.24, 2.45) is 28.4 Å². The van der Waals surface area contributed by atoms with Crippen LogP contribution in [0.5, 0.6) is 0 Å². The fraction of sp³-hybridized carbons (Fsp3) is 0.440. The molecule has 3 aliphatic rings. The van der Waals surface area contributed by atoms with Gasteiger partial charge in [-0.3, -0.25) is 4.79 Å². The van der Waals surface area contributed by atoms with E-state index >= 15 is 0 Å². The zero-order valence-electron chi connectivity index (χ0n) is 18.2. The molecule has 6 heteroatoms. The number of nitrogens with zero attached hydrogens (tertiary/aromatic N) is 4. The van der Waals surface area contributed by atoms with Gasteiger partial charge in [0.1, 0.15) is 5.41 Å². The number of carbonyl (C=O) groups excluding carboxylic acids is 1. The SMILES string of the molecule is CN1C(=O)[C@@]2(C(C#N)=C(N)C(C#N)(C#N)C3=CC[C@H](C(C)(C)C)C[C@@H]32)c2ccccc21. The molecule has 0 unspecified atom stereocenters. The summed E-state index contributed by atoms with van der Waals surface area (Å²) in [6.07, 6.45) is 3.22. The standard InChI is InChI=1S/C25H25N5O/c1-23(2,3)15-9-10-16-18(11-15)25(19(12-26)21(29)24(16,13-27)14-28)17-7-5-6-8-20(17)30(4)22(25)31/h5-8,10,15,18H,9,11,29H2,1-4H3/t15-,18-,25-/m0/s1. The van der Waals surface area contributed by atoms with Crippen LogP contribution >= 0.6 is 0 Å². The van der Waals surface area contributed by atoms with Crippen LogP contribution in [0.4, 0.5) is 5.69 Å². The molecule has 1 aliphatic heterocycles. The largest absolute Gasteiger partial charge is 0.399 e. The summed E-state index contributed by atoms with van der Waals surface area (Å²) in [4.78, 5) is 15.5. The summed E-state index contributed by atoms with van der Waals surface area (Å²) in [6, 6.07) is 13.8. The van der Waals surface area contributed by atoms with Crippen molar-refractivity contribution in [2.45, 2.75) is 39.0 Å². The van der Waals surface area contributed by atoms with Gasteiger partial charge in [-0.25, -0.2) is 0 Å². The minimum Gasteiger partial charge on any atom is -0.399 e. The molecule has 0 saturated carbocycles. The maximum Gasteiger partial charge on any atom is 0.243 e. The third-order valence-electron chi connectivity index (χ3n) is 7.55. The molecule has 2 aliphatic carbocycles. The zero-order chi connectivity index (χ0) is 22.8. The Morgan fingerprint density at radius 2 is 1.81 bits per heavy atom.